The number of nitrogens with zero attached hydrogens (tertiary/aromatic N) is 2. The summed E-state index contributed by atoms with van der Waals surface area (Å²) in [5.41, 5.74) is 3.24. The van der Waals surface area contributed by atoms with Crippen LogP contribution in [0.4, 0.5) is 5.69 Å². The standard InChI is InChI=1S/C22H26N4O2/c1-17-10-12-18(13-11-17)16-24-22(25-19-6-3-2-4-7-19)23-14-15-26-20(27)8-5-9-21(26)28/h2-4,6-7,10-13H,5,8-9,14-16H2,1H3,(H2,23,24,25). The van der Waals surface area contributed by atoms with Gasteiger partial charge < -0.3 is 10.6 Å². The van der Waals surface area contributed by atoms with Gasteiger partial charge in [0, 0.05) is 31.6 Å². The van der Waals surface area contributed by atoms with Crippen LogP contribution in [-0.2, 0) is 16.1 Å². The van der Waals surface area contributed by atoms with Crippen molar-refractivity contribution < 1.29 is 9.59 Å². The monoisotopic (exact) mass is 378 g/mol. The van der Waals surface area contributed by atoms with Crippen LogP contribution in [0.5, 0.6) is 0 Å². The fourth-order valence-electron chi connectivity index (χ4n) is 3.00. The lowest BCUT2D eigenvalue weighted by atomic mass is 10.1. The second kappa shape index (κ2) is 9.69. The number of amides is 2. The molecule has 1 saturated heterocycles. The number of likely N-dealkylation sites (tertiary alicyclic amines) is 1. The smallest absolute Gasteiger partial charge is 0.229 e. The molecule has 0 atom stereocenters. The van der Waals surface area contributed by atoms with Gasteiger partial charge in [-0.2, -0.15) is 0 Å². The molecule has 0 aliphatic carbocycles. The van der Waals surface area contributed by atoms with Crippen LogP contribution in [0.15, 0.2) is 59.6 Å². The molecule has 0 radical (unpaired) electrons. The lowest BCUT2D eigenvalue weighted by molar-refractivity contribution is -0.147. The van der Waals surface area contributed by atoms with Crippen molar-refractivity contribution in [1.82, 2.24) is 10.2 Å². The highest BCUT2D eigenvalue weighted by Gasteiger charge is 2.25. The van der Waals surface area contributed by atoms with Gasteiger partial charge in [-0.1, -0.05) is 48.0 Å². The van der Waals surface area contributed by atoms with E-state index in [0.717, 1.165) is 11.3 Å². The number of carbonyl (C=O) groups is 2. The molecule has 28 heavy (non-hydrogen) atoms. The Hall–Kier alpha value is -3.15. The van der Waals surface area contributed by atoms with E-state index in [1.165, 1.54) is 10.5 Å². The first kappa shape index (κ1) is 19.6. The summed E-state index contributed by atoms with van der Waals surface area (Å²) in [6.07, 6.45) is 1.55. The maximum absolute atomic E-state index is 11.9. The van der Waals surface area contributed by atoms with Crippen LogP contribution in [-0.4, -0.2) is 35.8 Å². The maximum atomic E-state index is 11.9. The molecule has 1 heterocycles. The Kier molecular flexibility index (Phi) is 6.78. The number of piperidine rings is 1. The van der Waals surface area contributed by atoms with Gasteiger partial charge in [0.05, 0.1) is 6.54 Å². The number of anilines is 1. The topological polar surface area (TPSA) is 73.8 Å². The number of hydrogen-bond donors (Lipinski definition) is 2. The summed E-state index contributed by atoms with van der Waals surface area (Å²) in [5, 5.41) is 6.50. The second-order valence-corrected chi connectivity index (χ2v) is 6.86. The number of guanidine groups is 1. The van der Waals surface area contributed by atoms with E-state index in [1.807, 2.05) is 30.3 Å². The molecule has 0 saturated carbocycles. The summed E-state index contributed by atoms with van der Waals surface area (Å²) in [6, 6.07) is 18.0. The van der Waals surface area contributed by atoms with Crippen LogP contribution in [0.3, 0.4) is 0 Å². The predicted octanol–water partition coefficient (Wildman–Crippen LogP) is 3.09. The first-order chi connectivity index (χ1) is 13.6. The summed E-state index contributed by atoms with van der Waals surface area (Å²) >= 11 is 0. The summed E-state index contributed by atoms with van der Waals surface area (Å²) in [7, 11) is 0. The highest BCUT2D eigenvalue weighted by atomic mass is 16.2. The van der Waals surface area contributed by atoms with E-state index in [4.69, 9.17) is 0 Å². The zero-order chi connectivity index (χ0) is 19.8. The largest absolute Gasteiger partial charge is 0.354 e. The van der Waals surface area contributed by atoms with Gasteiger partial charge in [0.2, 0.25) is 11.8 Å². The third-order valence-corrected chi connectivity index (χ3v) is 4.59. The van der Waals surface area contributed by atoms with Gasteiger partial charge in [0.1, 0.15) is 0 Å². The fraction of sp³-hybridized carbons (Fsp3) is 0.318. The quantitative estimate of drug-likeness (QED) is 0.460. The van der Waals surface area contributed by atoms with Gasteiger partial charge in [0.25, 0.3) is 0 Å². The average molecular weight is 378 g/mol. The molecule has 2 amide bonds. The molecule has 1 aliphatic rings. The van der Waals surface area contributed by atoms with Crippen LogP contribution in [0, 0.1) is 6.92 Å². The van der Waals surface area contributed by atoms with E-state index in [2.05, 4.69) is 46.8 Å². The van der Waals surface area contributed by atoms with Crippen molar-refractivity contribution in [2.75, 3.05) is 18.4 Å². The molecule has 0 unspecified atom stereocenters. The van der Waals surface area contributed by atoms with E-state index >= 15 is 0 Å². The van der Waals surface area contributed by atoms with E-state index in [9.17, 15) is 9.59 Å². The van der Waals surface area contributed by atoms with Gasteiger partial charge in [-0.3, -0.25) is 14.5 Å². The maximum Gasteiger partial charge on any atom is 0.229 e. The lowest BCUT2D eigenvalue weighted by Gasteiger charge is -2.25. The van der Waals surface area contributed by atoms with Crippen LogP contribution >= 0.6 is 0 Å². The Morgan fingerprint density at radius 2 is 1.68 bits per heavy atom. The van der Waals surface area contributed by atoms with Gasteiger partial charge >= 0.3 is 0 Å². The van der Waals surface area contributed by atoms with Gasteiger partial charge in [-0.25, -0.2) is 4.99 Å². The van der Waals surface area contributed by atoms with Crippen LogP contribution < -0.4 is 10.6 Å². The number of aliphatic imine (C=N–C) groups is 1. The Morgan fingerprint density at radius 3 is 2.36 bits per heavy atom. The number of nitrogens with one attached hydrogen (secondary N) is 2. The summed E-state index contributed by atoms with van der Waals surface area (Å²) < 4.78 is 0. The highest BCUT2D eigenvalue weighted by molar-refractivity contribution is 5.97. The molecular weight excluding hydrogens is 352 g/mol. The molecule has 1 fully saturated rings. The summed E-state index contributed by atoms with van der Waals surface area (Å²) in [4.78, 5) is 29.9. The molecule has 2 aromatic carbocycles. The van der Waals surface area contributed by atoms with Gasteiger partial charge in [-0.15, -0.1) is 0 Å². The van der Waals surface area contributed by atoms with Crippen molar-refractivity contribution in [3.63, 3.8) is 0 Å². The Balaban J connectivity index is 1.63. The molecule has 0 bridgehead atoms. The molecule has 0 spiro atoms. The molecule has 3 rings (SSSR count). The molecule has 2 N–H and O–H groups in total. The number of carbonyl (C=O) groups excluding carboxylic acids is 2. The molecule has 146 valence electrons. The minimum absolute atomic E-state index is 0.0905. The number of aryl methyl sites for hydroxylation is 1. The minimum Gasteiger partial charge on any atom is -0.354 e. The van der Waals surface area contributed by atoms with Crippen molar-refractivity contribution in [3.05, 3.63) is 65.7 Å². The molecular formula is C22H26N4O2. The molecule has 6 heteroatoms. The highest BCUT2D eigenvalue weighted by Crippen LogP contribution is 2.11. The Morgan fingerprint density at radius 1 is 1.00 bits per heavy atom. The number of imide groups is 1. The van der Waals surface area contributed by atoms with E-state index < -0.39 is 0 Å². The minimum atomic E-state index is -0.0905. The molecule has 0 aromatic heterocycles. The number of benzene rings is 2. The predicted molar refractivity (Wildman–Crippen MR) is 111 cm³/mol. The van der Waals surface area contributed by atoms with Crippen molar-refractivity contribution in [3.8, 4) is 0 Å². The first-order valence-corrected chi connectivity index (χ1v) is 9.61. The number of hydrogen-bond acceptors (Lipinski definition) is 3. The summed E-state index contributed by atoms with van der Waals surface area (Å²) in [6.45, 7) is 3.38. The van der Waals surface area contributed by atoms with E-state index in [0.29, 0.717) is 44.9 Å². The van der Waals surface area contributed by atoms with Crippen molar-refractivity contribution in [2.24, 2.45) is 4.99 Å². The van der Waals surface area contributed by atoms with Crippen molar-refractivity contribution in [1.29, 1.82) is 0 Å². The average Bonchev–Trinajstić information content (AvgIpc) is 2.70. The molecule has 2 aromatic rings. The van der Waals surface area contributed by atoms with Crippen LogP contribution in [0.25, 0.3) is 0 Å². The summed E-state index contributed by atoms with van der Waals surface area (Å²) in [5.74, 6) is 0.433. The molecule has 6 nitrogen and oxygen atoms in total. The zero-order valence-electron chi connectivity index (χ0n) is 16.1. The van der Waals surface area contributed by atoms with Gasteiger partial charge in [-0.05, 0) is 31.0 Å². The van der Waals surface area contributed by atoms with E-state index in [1.54, 1.807) is 0 Å². The normalized spacial score (nSPS) is 14.9. The van der Waals surface area contributed by atoms with Crippen LogP contribution in [0.1, 0.15) is 30.4 Å². The SMILES string of the molecule is Cc1ccc(CN=C(NCCN2C(=O)CCCC2=O)Nc2ccccc2)cc1. The van der Waals surface area contributed by atoms with Crippen molar-refractivity contribution >= 4 is 23.5 Å². The Labute approximate surface area is 165 Å². The Bertz CT molecular complexity index is 815. The van der Waals surface area contributed by atoms with E-state index in [-0.39, 0.29) is 11.8 Å². The lowest BCUT2D eigenvalue weighted by Crippen LogP contribution is -2.45. The third-order valence-electron chi connectivity index (χ3n) is 4.59. The first-order valence-electron chi connectivity index (χ1n) is 9.61. The second-order valence-electron chi connectivity index (χ2n) is 6.86. The van der Waals surface area contributed by atoms with Crippen LogP contribution in [0.2, 0.25) is 0 Å². The number of rotatable bonds is 6. The van der Waals surface area contributed by atoms with Crippen molar-refractivity contribution in [2.45, 2.75) is 32.7 Å². The molecule has 1 aliphatic heterocycles. The zero-order valence-corrected chi connectivity index (χ0v) is 16.1. The third kappa shape index (κ3) is 5.67. The van der Waals surface area contributed by atoms with Gasteiger partial charge in [0.15, 0.2) is 5.96 Å². The fourth-order valence-corrected chi connectivity index (χ4v) is 3.00. The number of para-hydroxylation sites is 1.